The molecule has 0 aliphatic carbocycles. The van der Waals surface area contributed by atoms with Gasteiger partial charge in [-0.3, -0.25) is 4.79 Å². The van der Waals surface area contributed by atoms with Crippen molar-refractivity contribution in [2.24, 2.45) is 5.92 Å². The minimum atomic E-state index is -1.02. The lowest BCUT2D eigenvalue weighted by Crippen LogP contribution is -2.43. The third-order valence-corrected chi connectivity index (χ3v) is 5.25. The molecule has 1 N–H and O–H groups in total. The van der Waals surface area contributed by atoms with Gasteiger partial charge in [-0.2, -0.15) is 0 Å². The lowest BCUT2D eigenvalue weighted by Gasteiger charge is -2.41. The van der Waals surface area contributed by atoms with Crippen LogP contribution in [0.1, 0.15) is 41.3 Å². The summed E-state index contributed by atoms with van der Waals surface area (Å²) in [6, 6.07) is 17.4. The number of Topliss-reactive ketones (excluding diaryl/α,β-unsaturated/α-hetero) is 1. The Labute approximate surface area is 143 Å². The molecule has 0 spiro atoms. The molecule has 0 saturated carbocycles. The van der Waals surface area contributed by atoms with Crippen molar-refractivity contribution in [1.29, 1.82) is 0 Å². The van der Waals surface area contributed by atoms with Crippen LogP contribution in [0.15, 0.2) is 54.6 Å². The van der Waals surface area contributed by atoms with Crippen LogP contribution < -0.4 is 0 Å². The maximum atomic E-state index is 11.8. The van der Waals surface area contributed by atoms with Gasteiger partial charge >= 0.3 is 0 Å². The average Bonchev–Trinajstić information content (AvgIpc) is 2.62. The van der Waals surface area contributed by atoms with Crippen LogP contribution in [0.5, 0.6) is 0 Å². The van der Waals surface area contributed by atoms with E-state index in [0.717, 1.165) is 37.1 Å². The van der Waals surface area contributed by atoms with Gasteiger partial charge in [-0.25, -0.2) is 0 Å². The van der Waals surface area contributed by atoms with E-state index in [1.54, 1.807) is 6.92 Å². The second-order valence-corrected chi connectivity index (χ2v) is 6.84. The van der Waals surface area contributed by atoms with Gasteiger partial charge in [0.25, 0.3) is 0 Å². The monoisotopic (exact) mass is 323 g/mol. The summed E-state index contributed by atoms with van der Waals surface area (Å²) in [7, 11) is 2.12. The summed E-state index contributed by atoms with van der Waals surface area (Å²) >= 11 is 0. The molecule has 3 nitrogen and oxygen atoms in total. The number of aliphatic hydroxyl groups is 1. The second-order valence-electron chi connectivity index (χ2n) is 6.84. The molecule has 1 atom stereocenters. The number of rotatable bonds is 4. The molecule has 0 radical (unpaired) electrons. The quantitative estimate of drug-likeness (QED) is 0.876. The van der Waals surface area contributed by atoms with Gasteiger partial charge in [0.05, 0.1) is 0 Å². The lowest BCUT2D eigenvalue weighted by atomic mass is 9.72. The molecule has 1 unspecified atom stereocenters. The Morgan fingerprint density at radius 3 is 2.08 bits per heavy atom. The maximum absolute atomic E-state index is 11.8. The first kappa shape index (κ1) is 16.9. The highest BCUT2D eigenvalue weighted by atomic mass is 16.3. The molecule has 1 aliphatic rings. The fourth-order valence-electron chi connectivity index (χ4n) is 3.72. The molecular formula is C21H25NO2. The zero-order chi connectivity index (χ0) is 17.2. The van der Waals surface area contributed by atoms with E-state index in [1.165, 1.54) is 0 Å². The first-order chi connectivity index (χ1) is 11.5. The molecule has 2 aromatic carbocycles. The summed E-state index contributed by atoms with van der Waals surface area (Å²) in [6.45, 7) is 3.55. The minimum absolute atomic E-state index is 0.0455. The van der Waals surface area contributed by atoms with Gasteiger partial charge in [-0.05, 0) is 56.9 Å². The zero-order valence-electron chi connectivity index (χ0n) is 14.4. The van der Waals surface area contributed by atoms with E-state index in [1.807, 2.05) is 54.6 Å². The Balaban J connectivity index is 2.03. The van der Waals surface area contributed by atoms with Gasteiger partial charge in [0.2, 0.25) is 0 Å². The molecule has 126 valence electrons. The highest BCUT2D eigenvalue weighted by Crippen LogP contribution is 2.41. The molecule has 0 amide bonds. The SMILES string of the molecule is CC(=O)c1ccc(C(O)(c2ccccc2)C2CCN(C)CC2)cc1. The summed E-state index contributed by atoms with van der Waals surface area (Å²) in [6.07, 6.45) is 1.91. The zero-order valence-corrected chi connectivity index (χ0v) is 14.4. The molecule has 0 bridgehead atoms. The standard InChI is InChI=1S/C21H25NO2/c1-16(23)17-8-10-19(11-9-17)21(24,18-6-4-3-5-7-18)20-12-14-22(2)15-13-20/h3-11,20,24H,12-15H2,1-2H3. The van der Waals surface area contributed by atoms with Crippen LogP contribution in [0.25, 0.3) is 0 Å². The number of piperidine rings is 1. The molecule has 1 saturated heterocycles. The fraction of sp³-hybridized carbons (Fsp3) is 0.381. The number of benzene rings is 2. The molecule has 3 rings (SSSR count). The van der Waals surface area contributed by atoms with Crippen LogP contribution in [0, 0.1) is 5.92 Å². The van der Waals surface area contributed by atoms with Crippen molar-refractivity contribution < 1.29 is 9.90 Å². The molecule has 24 heavy (non-hydrogen) atoms. The van der Waals surface area contributed by atoms with E-state index >= 15 is 0 Å². The van der Waals surface area contributed by atoms with Crippen molar-refractivity contribution in [1.82, 2.24) is 4.90 Å². The summed E-state index contributed by atoms with van der Waals surface area (Å²) in [5.74, 6) is 0.211. The Hall–Kier alpha value is -1.97. The van der Waals surface area contributed by atoms with Gasteiger partial charge in [0, 0.05) is 5.56 Å². The normalized spacial score (nSPS) is 19.0. The Morgan fingerprint density at radius 1 is 1.00 bits per heavy atom. The Kier molecular flexibility index (Phi) is 4.83. The van der Waals surface area contributed by atoms with Crippen LogP contribution in [-0.2, 0) is 5.60 Å². The molecule has 1 aliphatic heterocycles. The van der Waals surface area contributed by atoms with Crippen LogP contribution in [0.4, 0.5) is 0 Å². The van der Waals surface area contributed by atoms with Crippen molar-refractivity contribution in [3.63, 3.8) is 0 Å². The number of hydrogen-bond donors (Lipinski definition) is 1. The highest BCUT2D eigenvalue weighted by molar-refractivity contribution is 5.94. The predicted molar refractivity (Wildman–Crippen MR) is 96.1 cm³/mol. The smallest absolute Gasteiger partial charge is 0.159 e. The van der Waals surface area contributed by atoms with Crippen molar-refractivity contribution in [3.8, 4) is 0 Å². The van der Waals surface area contributed by atoms with Gasteiger partial charge in [-0.1, -0.05) is 54.6 Å². The van der Waals surface area contributed by atoms with E-state index in [9.17, 15) is 9.90 Å². The first-order valence-electron chi connectivity index (χ1n) is 8.59. The topological polar surface area (TPSA) is 40.5 Å². The first-order valence-corrected chi connectivity index (χ1v) is 8.59. The number of ketones is 1. The van der Waals surface area contributed by atoms with Crippen LogP contribution in [-0.4, -0.2) is 35.9 Å². The van der Waals surface area contributed by atoms with Crippen molar-refractivity contribution >= 4 is 5.78 Å². The third-order valence-electron chi connectivity index (χ3n) is 5.25. The molecule has 0 aromatic heterocycles. The molecule has 2 aromatic rings. The van der Waals surface area contributed by atoms with Gasteiger partial charge in [0.1, 0.15) is 5.60 Å². The number of carbonyl (C=O) groups excluding carboxylic acids is 1. The number of hydrogen-bond acceptors (Lipinski definition) is 3. The predicted octanol–water partition coefficient (Wildman–Crippen LogP) is 3.47. The third kappa shape index (κ3) is 3.14. The number of carbonyl (C=O) groups is 1. The molecular weight excluding hydrogens is 298 g/mol. The molecule has 3 heteroatoms. The summed E-state index contributed by atoms with van der Waals surface area (Å²) in [5.41, 5.74) is 1.46. The number of likely N-dealkylation sites (tertiary alicyclic amines) is 1. The van der Waals surface area contributed by atoms with Crippen LogP contribution in [0.2, 0.25) is 0 Å². The Bertz CT molecular complexity index is 688. The van der Waals surface area contributed by atoms with Gasteiger partial charge in [0.15, 0.2) is 5.78 Å². The van der Waals surface area contributed by atoms with Crippen molar-refractivity contribution in [2.45, 2.75) is 25.4 Å². The summed E-state index contributed by atoms with van der Waals surface area (Å²) in [4.78, 5) is 13.9. The highest BCUT2D eigenvalue weighted by Gasteiger charge is 2.41. The molecule has 1 heterocycles. The second kappa shape index (κ2) is 6.88. The maximum Gasteiger partial charge on any atom is 0.159 e. The Morgan fingerprint density at radius 2 is 1.54 bits per heavy atom. The van der Waals surface area contributed by atoms with Gasteiger partial charge < -0.3 is 10.0 Å². The van der Waals surface area contributed by atoms with E-state index in [4.69, 9.17) is 0 Å². The summed E-state index contributed by atoms with van der Waals surface area (Å²) < 4.78 is 0. The van der Waals surface area contributed by atoms with E-state index < -0.39 is 5.60 Å². The van der Waals surface area contributed by atoms with Gasteiger partial charge in [-0.15, -0.1) is 0 Å². The van der Waals surface area contributed by atoms with E-state index in [-0.39, 0.29) is 11.7 Å². The lowest BCUT2D eigenvalue weighted by molar-refractivity contribution is -0.0109. The van der Waals surface area contributed by atoms with E-state index in [0.29, 0.717) is 5.56 Å². The largest absolute Gasteiger partial charge is 0.380 e. The average molecular weight is 323 g/mol. The van der Waals surface area contributed by atoms with Crippen LogP contribution in [0.3, 0.4) is 0 Å². The number of nitrogens with zero attached hydrogens (tertiary/aromatic N) is 1. The minimum Gasteiger partial charge on any atom is -0.380 e. The van der Waals surface area contributed by atoms with Crippen LogP contribution >= 0.6 is 0 Å². The fourth-order valence-corrected chi connectivity index (χ4v) is 3.72. The van der Waals surface area contributed by atoms with Crippen molar-refractivity contribution in [2.75, 3.05) is 20.1 Å². The van der Waals surface area contributed by atoms with E-state index in [2.05, 4.69) is 11.9 Å². The van der Waals surface area contributed by atoms with Crippen molar-refractivity contribution in [3.05, 3.63) is 71.3 Å². The molecule has 1 fully saturated rings. The summed E-state index contributed by atoms with van der Waals surface area (Å²) in [5, 5.41) is 11.8.